The Balaban J connectivity index is 1.65. The van der Waals surface area contributed by atoms with E-state index in [4.69, 9.17) is 0 Å². The Kier molecular flexibility index (Phi) is 5.11. The molecule has 0 saturated heterocycles. The van der Waals surface area contributed by atoms with Gasteiger partial charge in [-0.25, -0.2) is 0 Å². The van der Waals surface area contributed by atoms with Gasteiger partial charge in [-0.3, -0.25) is 4.79 Å². The summed E-state index contributed by atoms with van der Waals surface area (Å²) < 4.78 is 0. The van der Waals surface area contributed by atoms with E-state index in [2.05, 4.69) is 60.7 Å². The predicted molar refractivity (Wildman–Crippen MR) is 112 cm³/mol. The molecule has 0 N–H and O–H groups in total. The highest BCUT2D eigenvalue weighted by Crippen LogP contribution is 2.28. The number of carbonyl (C=O) groups is 1. The fourth-order valence-corrected chi connectivity index (χ4v) is 3.73. The van der Waals surface area contributed by atoms with E-state index in [1.54, 1.807) is 0 Å². The van der Waals surface area contributed by atoms with Crippen LogP contribution in [0.5, 0.6) is 0 Å². The summed E-state index contributed by atoms with van der Waals surface area (Å²) in [4.78, 5) is 13.2. The summed E-state index contributed by atoms with van der Waals surface area (Å²) in [6, 6.07) is 34.9. The normalized spacial score (nSPS) is 12.0. The van der Waals surface area contributed by atoms with Crippen molar-refractivity contribution in [2.45, 2.75) is 18.8 Å². The molecule has 0 aliphatic carbocycles. The van der Waals surface area contributed by atoms with Gasteiger partial charge in [0, 0.05) is 12.0 Å². The van der Waals surface area contributed by atoms with Gasteiger partial charge in [0.05, 0.1) is 0 Å². The fourth-order valence-electron chi connectivity index (χ4n) is 3.73. The Morgan fingerprint density at radius 2 is 1.30 bits per heavy atom. The second-order valence-electron chi connectivity index (χ2n) is 6.95. The first-order valence-corrected chi connectivity index (χ1v) is 9.41. The van der Waals surface area contributed by atoms with Crippen LogP contribution in [0.1, 0.15) is 33.8 Å². The SMILES string of the molecule is O=C(C[C@@H](Cc1ccccc1)c1ccccc1)c1cccc2ccccc12. The first-order valence-electron chi connectivity index (χ1n) is 9.41. The van der Waals surface area contributed by atoms with E-state index < -0.39 is 0 Å². The topological polar surface area (TPSA) is 17.1 Å². The molecule has 27 heavy (non-hydrogen) atoms. The Labute approximate surface area is 160 Å². The molecule has 4 aromatic carbocycles. The lowest BCUT2D eigenvalue weighted by Crippen LogP contribution is -2.11. The molecule has 0 aliphatic rings. The maximum atomic E-state index is 13.2. The van der Waals surface area contributed by atoms with Crippen LogP contribution in [0.25, 0.3) is 10.8 Å². The maximum absolute atomic E-state index is 13.2. The summed E-state index contributed by atoms with van der Waals surface area (Å²) in [5.74, 6) is 0.372. The van der Waals surface area contributed by atoms with Crippen molar-refractivity contribution < 1.29 is 4.79 Å². The molecule has 4 aromatic rings. The van der Waals surface area contributed by atoms with Crippen molar-refractivity contribution in [2.75, 3.05) is 0 Å². The predicted octanol–water partition coefficient (Wildman–Crippen LogP) is 6.44. The van der Waals surface area contributed by atoms with Crippen molar-refractivity contribution in [3.8, 4) is 0 Å². The molecule has 0 fully saturated rings. The van der Waals surface area contributed by atoms with Crippen LogP contribution in [0.3, 0.4) is 0 Å². The third-order valence-electron chi connectivity index (χ3n) is 5.12. The van der Waals surface area contributed by atoms with Gasteiger partial charge in [0.2, 0.25) is 0 Å². The summed E-state index contributed by atoms with van der Waals surface area (Å²) in [7, 11) is 0. The van der Waals surface area contributed by atoms with E-state index in [9.17, 15) is 4.79 Å². The zero-order valence-corrected chi connectivity index (χ0v) is 15.2. The fraction of sp³-hybridized carbons (Fsp3) is 0.115. The van der Waals surface area contributed by atoms with E-state index in [0.717, 1.165) is 22.8 Å². The molecular weight excluding hydrogens is 328 g/mol. The molecule has 0 spiro atoms. The number of ketones is 1. The highest BCUT2D eigenvalue weighted by atomic mass is 16.1. The molecule has 1 atom stereocenters. The monoisotopic (exact) mass is 350 g/mol. The number of hydrogen-bond acceptors (Lipinski definition) is 1. The van der Waals surface area contributed by atoms with Gasteiger partial charge in [-0.2, -0.15) is 0 Å². The molecule has 1 nitrogen and oxygen atoms in total. The molecule has 4 rings (SSSR count). The van der Waals surface area contributed by atoms with Crippen LogP contribution >= 0.6 is 0 Å². The van der Waals surface area contributed by atoms with Gasteiger partial charge >= 0.3 is 0 Å². The molecule has 0 aliphatic heterocycles. The summed E-state index contributed by atoms with van der Waals surface area (Å²) in [6.45, 7) is 0. The zero-order chi connectivity index (χ0) is 18.5. The molecule has 0 unspecified atom stereocenters. The molecule has 0 aromatic heterocycles. The van der Waals surface area contributed by atoms with Crippen molar-refractivity contribution in [1.29, 1.82) is 0 Å². The van der Waals surface area contributed by atoms with Gasteiger partial charge in [-0.05, 0) is 34.2 Å². The Hall–Kier alpha value is -3.19. The van der Waals surface area contributed by atoms with E-state index in [1.165, 1.54) is 11.1 Å². The van der Waals surface area contributed by atoms with E-state index in [-0.39, 0.29) is 11.7 Å². The van der Waals surface area contributed by atoms with Crippen LogP contribution in [0.2, 0.25) is 0 Å². The lowest BCUT2D eigenvalue weighted by molar-refractivity contribution is 0.0975. The third kappa shape index (κ3) is 3.98. The molecule has 132 valence electrons. The Morgan fingerprint density at radius 3 is 2.07 bits per heavy atom. The average molecular weight is 350 g/mol. The lowest BCUT2D eigenvalue weighted by atomic mass is 9.86. The van der Waals surface area contributed by atoms with Crippen LogP contribution in [0.4, 0.5) is 0 Å². The van der Waals surface area contributed by atoms with Gasteiger partial charge in [0.15, 0.2) is 5.78 Å². The second-order valence-corrected chi connectivity index (χ2v) is 6.95. The molecule has 0 heterocycles. The summed E-state index contributed by atoms with van der Waals surface area (Å²) in [6.07, 6.45) is 1.37. The van der Waals surface area contributed by atoms with Gasteiger partial charge in [-0.15, -0.1) is 0 Å². The van der Waals surface area contributed by atoms with E-state index in [0.29, 0.717) is 6.42 Å². The summed E-state index contributed by atoms with van der Waals surface area (Å²) in [5.41, 5.74) is 3.30. The standard InChI is InChI=1S/C26H22O/c27-26(25-17-9-15-22-14-7-8-16-24(22)25)19-23(21-12-5-2-6-13-21)18-20-10-3-1-4-11-20/h1-17,23H,18-19H2/t23-/m1/s1. The molecule has 1 heteroatoms. The molecule has 0 saturated carbocycles. The van der Waals surface area contributed by atoms with Crippen LogP contribution in [0.15, 0.2) is 103 Å². The van der Waals surface area contributed by atoms with Crippen molar-refractivity contribution >= 4 is 16.6 Å². The number of benzene rings is 4. The van der Waals surface area contributed by atoms with E-state index >= 15 is 0 Å². The van der Waals surface area contributed by atoms with Crippen molar-refractivity contribution in [3.63, 3.8) is 0 Å². The second kappa shape index (κ2) is 8.01. The smallest absolute Gasteiger partial charge is 0.164 e. The minimum atomic E-state index is 0.167. The highest BCUT2D eigenvalue weighted by molar-refractivity contribution is 6.08. The minimum absolute atomic E-state index is 0.167. The van der Waals surface area contributed by atoms with Gasteiger partial charge in [0.25, 0.3) is 0 Å². The Morgan fingerprint density at radius 1 is 0.667 bits per heavy atom. The largest absolute Gasteiger partial charge is 0.294 e. The molecular formula is C26H22O. The van der Waals surface area contributed by atoms with Crippen molar-refractivity contribution in [3.05, 3.63) is 120 Å². The van der Waals surface area contributed by atoms with Gasteiger partial charge in [-0.1, -0.05) is 103 Å². The quantitative estimate of drug-likeness (QED) is 0.366. The molecule has 0 radical (unpaired) electrons. The lowest BCUT2D eigenvalue weighted by Gasteiger charge is -2.18. The number of fused-ring (bicyclic) bond motifs is 1. The zero-order valence-electron chi connectivity index (χ0n) is 15.2. The third-order valence-corrected chi connectivity index (χ3v) is 5.12. The first kappa shape index (κ1) is 17.2. The van der Waals surface area contributed by atoms with E-state index in [1.807, 2.05) is 42.5 Å². The number of Topliss-reactive ketones (excluding diaryl/α,β-unsaturated/α-hetero) is 1. The average Bonchev–Trinajstić information content (AvgIpc) is 2.74. The summed E-state index contributed by atoms with van der Waals surface area (Å²) in [5, 5.41) is 2.15. The van der Waals surface area contributed by atoms with Gasteiger partial charge < -0.3 is 0 Å². The molecule has 0 amide bonds. The summed E-state index contributed by atoms with van der Waals surface area (Å²) >= 11 is 0. The molecule has 0 bridgehead atoms. The van der Waals surface area contributed by atoms with Crippen LogP contribution in [-0.2, 0) is 6.42 Å². The number of hydrogen-bond donors (Lipinski definition) is 0. The maximum Gasteiger partial charge on any atom is 0.164 e. The van der Waals surface area contributed by atoms with Crippen LogP contribution in [0, 0.1) is 0 Å². The Bertz CT molecular complexity index is 1030. The van der Waals surface area contributed by atoms with Gasteiger partial charge in [0.1, 0.15) is 0 Å². The van der Waals surface area contributed by atoms with Crippen molar-refractivity contribution in [1.82, 2.24) is 0 Å². The van der Waals surface area contributed by atoms with Crippen molar-refractivity contribution in [2.24, 2.45) is 0 Å². The van der Waals surface area contributed by atoms with Crippen LogP contribution < -0.4 is 0 Å². The first-order chi connectivity index (χ1) is 13.3. The highest BCUT2D eigenvalue weighted by Gasteiger charge is 2.19. The number of carbonyl (C=O) groups excluding carboxylic acids is 1. The minimum Gasteiger partial charge on any atom is -0.294 e. The number of rotatable bonds is 6. The van der Waals surface area contributed by atoms with Crippen LogP contribution in [-0.4, -0.2) is 5.78 Å².